The zero-order valence-electron chi connectivity index (χ0n) is 17.8. The quantitative estimate of drug-likeness (QED) is 0.681. The van der Waals surface area contributed by atoms with Crippen molar-refractivity contribution in [2.24, 2.45) is 5.92 Å². The van der Waals surface area contributed by atoms with Gasteiger partial charge in [0.15, 0.2) is 0 Å². The first-order chi connectivity index (χ1) is 14.4. The summed E-state index contributed by atoms with van der Waals surface area (Å²) in [6, 6.07) is 15.5. The summed E-state index contributed by atoms with van der Waals surface area (Å²) in [5.41, 5.74) is 3.66. The van der Waals surface area contributed by atoms with E-state index in [0.717, 1.165) is 40.7 Å². The minimum absolute atomic E-state index is 0.00429. The molecule has 1 saturated heterocycles. The smallest absolute Gasteiger partial charge is 0.253 e. The molecule has 0 radical (unpaired) electrons. The van der Waals surface area contributed by atoms with Crippen LogP contribution in [0, 0.1) is 19.8 Å². The lowest BCUT2D eigenvalue weighted by atomic mass is 9.95. The number of nitrogens with zero attached hydrogens (tertiary/aromatic N) is 1. The molecule has 2 atom stereocenters. The molecule has 156 valence electrons. The number of aryl methyl sites for hydroxylation is 2. The van der Waals surface area contributed by atoms with Crippen molar-refractivity contribution in [1.29, 1.82) is 0 Å². The van der Waals surface area contributed by atoms with Gasteiger partial charge >= 0.3 is 0 Å². The highest BCUT2D eigenvalue weighted by atomic mass is 16.3. The van der Waals surface area contributed by atoms with Gasteiger partial charge in [0.1, 0.15) is 11.3 Å². The van der Waals surface area contributed by atoms with E-state index in [4.69, 9.17) is 4.42 Å². The molecular weight excluding hydrogens is 376 g/mol. The fraction of sp³-hybridized carbons (Fsp3) is 0.360. The number of fused-ring (bicyclic) bond motifs is 1. The van der Waals surface area contributed by atoms with Gasteiger partial charge in [-0.15, -0.1) is 0 Å². The fourth-order valence-electron chi connectivity index (χ4n) is 4.27. The normalized spacial score (nSPS) is 17.7. The van der Waals surface area contributed by atoms with Crippen molar-refractivity contribution < 1.29 is 14.0 Å². The number of carbonyl (C=O) groups is 2. The summed E-state index contributed by atoms with van der Waals surface area (Å²) in [7, 11) is 0. The van der Waals surface area contributed by atoms with E-state index < -0.39 is 0 Å². The largest absolute Gasteiger partial charge is 0.459 e. The van der Waals surface area contributed by atoms with E-state index in [1.807, 2.05) is 68.1 Å². The van der Waals surface area contributed by atoms with Crippen LogP contribution in [0.5, 0.6) is 0 Å². The molecule has 0 saturated carbocycles. The lowest BCUT2D eigenvalue weighted by molar-refractivity contribution is -0.127. The van der Waals surface area contributed by atoms with Gasteiger partial charge in [0.2, 0.25) is 5.91 Å². The van der Waals surface area contributed by atoms with Gasteiger partial charge in [0.25, 0.3) is 5.91 Å². The molecule has 0 aliphatic carbocycles. The summed E-state index contributed by atoms with van der Waals surface area (Å²) < 4.78 is 5.88. The number of hydrogen-bond acceptors (Lipinski definition) is 3. The second kappa shape index (κ2) is 8.34. The maximum atomic E-state index is 13.0. The summed E-state index contributed by atoms with van der Waals surface area (Å²) in [5, 5.41) is 4.10. The van der Waals surface area contributed by atoms with Crippen LogP contribution in [0.3, 0.4) is 0 Å². The zero-order chi connectivity index (χ0) is 21.3. The van der Waals surface area contributed by atoms with Gasteiger partial charge in [-0.05, 0) is 57.9 Å². The second-order valence-electron chi connectivity index (χ2n) is 8.38. The number of para-hydroxylation sites is 1. The predicted molar refractivity (Wildman–Crippen MR) is 117 cm³/mol. The molecule has 1 aliphatic heterocycles. The molecular formula is C25H28N2O3. The van der Waals surface area contributed by atoms with E-state index >= 15 is 0 Å². The Bertz CT molecular complexity index is 1030. The topological polar surface area (TPSA) is 62.6 Å². The van der Waals surface area contributed by atoms with Crippen molar-refractivity contribution in [3.63, 3.8) is 0 Å². The van der Waals surface area contributed by atoms with E-state index in [-0.39, 0.29) is 23.8 Å². The van der Waals surface area contributed by atoms with Crippen molar-refractivity contribution >= 4 is 22.8 Å². The lowest BCUT2D eigenvalue weighted by Gasteiger charge is -2.32. The van der Waals surface area contributed by atoms with Crippen LogP contribution >= 0.6 is 0 Å². The molecule has 2 heterocycles. The Hall–Kier alpha value is -3.08. The molecule has 1 N–H and O–H groups in total. The molecule has 0 bridgehead atoms. The number of amides is 2. The van der Waals surface area contributed by atoms with Gasteiger partial charge in [-0.1, -0.05) is 35.4 Å². The minimum Gasteiger partial charge on any atom is -0.459 e. The Morgan fingerprint density at radius 1 is 1.10 bits per heavy atom. The maximum absolute atomic E-state index is 13.0. The number of nitrogens with one attached hydrogen (secondary N) is 1. The minimum atomic E-state index is -0.226. The van der Waals surface area contributed by atoms with Crippen LogP contribution in [-0.4, -0.2) is 29.8 Å². The highest BCUT2D eigenvalue weighted by Crippen LogP contribution is 2.25. The third-order valence-corrected chi connectivity index (χ3v) is 5.78. The maximum Gasteiger partial charge on any atom is 0.253 e. The molecule has 1 aromatic heterocycles. The van der Waals surface area contributed by atoms with Gasteiger partial charge in [-0.25, -0.2) is 0 Å². The highest BCUT2D eigenvalue weighted by Gasteiger charge is 2.30. The summed E-state index contributed by atoms with van der Waals surface area (Å²) in [5.74, 6) is 0.509. The highest BCUT2D eigenvalue weighted by molar-refractivity contribution is 5.95. The van der Waals surface area contributed by atoms with Crippen molar-refractivity contribution in [1.82, 2.24) is 10.2 Å². The standard InChI is InChI=1S/C25H28N2O3/c1-16-11-17(2)13-21(12-16)25(29)27-10-6-8-20(15-27)24(28)26-18(3)23-14-19-7-4-5-9-22(19)30-23/h4-5,7,9,11-14,18,20H,6,8,10,15H2,1-3H3,(H,26,28). The second-order valence-corrected chi connectivity index (χ2v) is 8.38. The van der Waals surface area contributed by atoms with E-state index in [9.17, 15) is 9.59 Å². The number of piperidine rings is 1. The lowest BCUT2D eigenvalue weighted by Crippen LogP contribution is -2.45. The van der Waals surface area contributed by atoms with Gasteiger partial charge < -0.3 is 14.6 Å². The molecule has 2 amide bonds. The van der Waals surface area contributed by atoms with E-state index in [2.05, 4.69) is 11.4 Å². The molecule has 4 rings (SSSR count). The van der Waals surface area contributed by atoms with Crippen molar-refractivity contribution in [3.8, 4) is 0 Å². The number of likely N-dealkylation sites (tertiary alicyclic amines) is 1. The Kier molecular flexibility index (Phi) is 5.62. The van der Waals surface area contributed by atoms with Crippen LogP contribution in [0.25, 0.3) is 11.0 Å². The monoisotopic (exact) mass is 404 g/mol. The molecule has 30 heavy (non-hydrogen) atoms. The number of benzene rings is 2. The van der Waals surface area contributed by atoms with Crippen LogP contribution in [-0.2, 0) is 4.79 Å². The van der Waals surface area contributed by atoms with Gasteiger partial charge in [0, 0.05) is 24.0 Å². The molecule has 3 aromatic rings. The van der Waals surface area contributed by atoms with E-state index in [1.165, 1.54) is 0 Å². The van der Waals surface area contributed by atoms with Crippen LogP contribution in [0.4, 0.5) is 0 Å². The van der Waals surface area contributed by atoms with Crippen LogP contribution in [0.15, 0.2) is 52.9 Å². The number of carbonyl (C=O) groups excluding carboxylic acids is 2. The molecule has 2 aromatic carbocycles. The third-order valence-electron chi connectivity index (χ3n) is 5.78. The molecule has 5 nitrogen and oxygen atoms in total. The first-order valence-corrected chi connectivity index (χ1v) is 10.6. The molecule has 0 spiro atoms. The van der Waals surface area contributed by atoms with Gasteiger partial charge in [-0.2, -0.15) is 0 Å². The van der Waals surface area contributed by atoms with Crippen molar-refractivity contribution in [2.75, 3.05) is 13.1 Å². The van der Waals surface area contributed by atoms with Crippen LogP contribution < -0.4 is 5.32 Å². The summed E-state index contributed by atoms with van der Waals surface area (Å²) in [6.07, 6.45) is 1.61. The first kappa shape index (κ1) is 20.2. The fourth-order valence-corrected chi connectivity index (χ4v) is 4.27. The molecule has 1 fully saturated rings. The number of rotatable bonds is 4. The van der Waals surface area contributed by atoms with Crippen LogP contribution in [0.1, 0.15) is 53.1 Å². The summed E-state index contributed by atoms with van der Waals surface area (Å²) in [6.45, 7) is 7.06. The molecule has 2 unspecified atom stereocenters. The summed E-state index contributed by atoms with van der Waals surface area (Å²) >= 11 is 0. The first-order valence-electron chi connectivity index (χ1n) is 10.6. The Morgan fingerprint density at radius 3 is 2.57 bits per heavy atom. The summed E-state index contributed by atoms with van der Waals surface area (Å²) in [4.78, 5) is 27.7. The van der Waals surface area contributed by atoms with E-state index in [1.54, 1.807) is 0 Å². The van der Waals surface area contributed by atoms with Crippen molar-refractivity contribution in [2.45, 2.75) is 39.7 Å². The predicted octanol–water partition coefficient (Wildman–Crippen LogP) is 4.78. The average Bonchev–Trinajstić information content (AvgIpc) is 3.17. The Balaban J connectivity index is 1.42. The third kappa shape index (κ3) is 4.25. The average molecular weight is 405 g/mol. The number of furan rings is 1. The SMILES string of the molecule is Cc1cc(C)cc(C(=O)N2CCCC(C(=O)NC(C)c3cc4ccccc4o3)C2)c1. The molecule has 5 heteroatoms. The van der Waals surface area contributed by atoms with Gasteiger partial charge in [0.05, 0.1) is 12.0 Å². The van der Waals surface area contributed by atoms with Crippen LogP contribution in [0.2, 0.25) is 0 Å². The zero-order valence-corrected chi connectivity index (χ0v) is 17.8. The van der Waals surface area contributed by atoms with E-state index in [0.29, 0.717) is 18.7 Å². The molecule has 1 aliphatic rings. The Morgan fingerprint density at radius 2 is 1.83 bits per heavy atom. The Labute approximate surface area is 177 Å². The number of hydrogen-bond donors (Lipinski definition) is 1. The van der Waals surface area contributed by atoms with Crippen molar-refractivity contribution in [3.05, 3.63) is 71.0 Å². The van der Waals surface area contributed by atoms with Gasteiger partial charge in [-0.3, -0.25) is 9.59 Å².